The lowest BCUT2D eigenvalue weighted by Gasteiger charge is -2.25. The van der Waals surface area contributed by atoms with E-state index in [1.807, 2.05) is 17.9 Å². The summed E-state index contributed by atoms with van der Waals surface area (Å²) in [7, 11) is 0. The number of phenols is 1. The lowest BCUT2D eigenvalue weighted by Crippen LogP contribution is -2.34. The Kier molecular flexibility index (Phi) is 6.73. The van der Waals surface area contributed by atoms with Crippen LogP contribution in [0.3, 0.4) is 0 Å². The van der Waals surface area contributed by atoms with Crippen molar-refractivity contribution in [1.29, 1.82) is 0 Å². The molecule has 0 bridgehead atoms. The van der Waals surface area contributed by atoms with Gasteiger partial charge in [0.1, 0.15) is 5.75 Å². The van der Waals surface area contributed by atoms with E-state index >= 15 is 0 Å². The molecule has 0 saturated carbocycles. The second-order valence-corrected chi connectivity index (χ2v) is 6.68. The maximum absolute atomic E-state index is 12.7. The molecule has 118 valence electrons. The van der Waals surface area contributed by atoms with Crippen LogP contribution in [0.5, 0.6) is 5.75 Å². The van der Waals surface area contributed by atoms with Crippen molar-refractivity contribution in [3.8, 4) is 5.75 Å². The maximum Gasteiger partial charge on any atom is 0.257 e. The molecule has 1 aromatic carbocycles. The summed E-state index contributed by atoms with van der Waals surface area (Å²) in [6.45, 7) is 12.1. The Labute approximate surface area is 129 Å². The molecule has 1 rings (SSSR count). The summed E-state index contributed by atoms with van der Waals surface area (Å²) in [5.74, 6) is 1.14. The van der Waals surface area contributed by atoms with Gasteiger partial charge in [0.15, 0.2) is 0 Å². The third kappa shape index (κ3) is 5.78. The zero-order chi connectivity index (χ0) is 16.0. The van der Waals surface area contributed by atoms with Crippen LogP contribution in [0, 0.1) is 18.8 Å². The first-order chi connectivity index (χ1) is 9.81. The molecule has 0 aliphatic carbocycles. The standard InChI is InChI=1S/C18H29NO2/c1-13(2)8-10-19(11-9-14(3)4)18(21)16-12-15(5)6-7-17(16)20/h6-7,12-14,20H,8-11H2,1-5H3. The lowest BCUT2D eigenvalue weighted by atomic mass is 10.1. The molecule has 0 saturated heterocycles. The Hall–Kier alpha value is -1.51. The molecule has 1 amide bonds. The van der Waals surface area contributed by atoms with Gasteiger partial charge in [0, 0.05) is 13.1 Å². The molecule has 3 nitrogen and oxygen atoms in total. The number of benzene rings is 1. The molecule has 0 heterocycles. The van der Waals surface area contributed by atoms with E-state index in [0.29, 0.717) is 17.4 Å². The first-order valence-corrected chi connectivity index (χ1v) is 7.90. The molecule has 0 spiro atoms. The van der Waals surface area contributed by atoms with E-state index in [4.69, 9.17) is 0 Å². The van der Waals surface area contributed by atoms with Gasteiger partial charge in [-0.3, -0.25) is 4.79 Å². The molecule has 3 heteroatoms. The fourth-order valence-electron chi connectivity index (χ4n) is 2.13. The van der Waals surface area contributed by atoms with Crippen molar-refractivity contribution in [2.24, 2.45) is 11.8 Å². The molecule has 0 unspecified atom stereocenters. The Morgan fingerprint density at radius 2 is 1.62 bits per heavy atom. The normalized spacial score (nSPS) is 11.2. The minimum Gasteiger partial charge on any atom is -0.507 e. The molecular formula is C18H29NO2. The number of hydrogen-bond acceptors (Lipinski definition) is 2. The maximum atomic E-state index is 12.7. The molecule has 21 heavy (non-hydrogen) atoms. The van der Waals surface area contributed by atoms with Gasteiger partial charge in [0.2, 0.25) is 0 Å². The van der Waals surface area contributed by atoms with Crippen LogP contribution in [0.2, 0.25) is 0 Å². The summed E-state index contributed by atoms with van der Waals surface area (Å²) < 4.78 is 0. The van der Waals surface area contributed by atoms with Gasteiger partial charge in [-0.25, -0.2) is 0 Å². The summed E-state index contributed by atoms with van der Waals surface area (Å²) in [6, 6.07) is 5.19. The molecule has 0 aliphatic heterocycles. The van der Waals surface area contributed by atoms with Crippen molar-refractivity contribution in [3.05, 3.63) is 29.3 Å². The highest BCUT2D eigenvalue weighted by molar-refractivity contribution is 5.97. The summed E-state index contributed by atoms with van der Waals surface area (Å²) in [5, 5.41) is 9.96. The first kappa shape index (κ1) is 17.5. The van der Waals surface area contributed by atoms with Gasteiger partial charge < -0.3 is 10.0 Å². The summed E-state index contributed by atoms with van der Waals surface area (Å²) in [4.78, 5) is 14.6. The van der Waals surface area contributed by atoms with Crippen LogP contribution >= 0.6 is 0 Å². The topological polar surface area (TPSA) is 40.5 Å². The second kappa shape index (κ2) is 8.06. The lowest BCUT2D eigenvalue weighted by molar-refractivity contribution is 0.0737. The monoisotopic (exact) mass is 291 g/mol. The highest BCUT2D eigenvalue weighted by Gasteiger charge is 2.19. The van der Waals surface area contributed by atoms with Gasteiger partial charge in [-0.05, 0) is 43.7 Å². The van der Waals surface area contributed by atoms with Gasteiger partial charge >= 0.3 is 0 Å². The number of carbonyl (C=O) groups is 1. The number of carbonyl (C=O) groups excluding carboxylic acids is 1. The van der Waals surface area contributed by atoms with Crippen LogP contribution in [0.4, 0.5) is 0 Å². The van der Waals surface area contributed by atoms with E-state index in [9.17, 15) is 9.90 Å². The van der Waals surface area contributed by atoms with Crippen LogP contribution < -0.4 is 0 Å². The number of aromatic hydroxyl groups is 1. The number of hydrogen-bond donors (Lipinski definition) is 1. The van der Waals surface area contributed by atoms with E-state index in [0.717, 1.165) is 31.5 Å². The summed E-state index contributed by atoms with van der Waals surface area (Å²) in [5.41, 5.74) is 1.41. The molecule has 0 atom stereocenters. The minimum atomic E-state index is -0.0579. The number of rotatable bonds is 7. The third-order valence-corrected chi connectivity index (χ3v) is 3.62. The number of nitrogens with zero attached hydrogens (tertiary/aromatic N) is 1. The molecule has 1 N–H and O–H groups in total. The Bertz CT molecular complexity index is 454. The first-order valence-electron chi connectivity index (χ1n) is 7.90. The number of aryl methyl sites for hydroxylation is 1. The van der Waals surface area contributed by atoms with E-state index < -0.39 is 0 Å². The average Bonchev–Trinajstić information content (AvgIpc) is 2.40. The second-order valence-electron chi connectivity index (χ2n) is 6.68. The SMILES string of the molecule is Cc1ccc(O)c(C(=O)N(CCC(C)C)CCC(C)C)c1. The Morgan fingerprint density at radius 3 is 2.10 bits per heavy atom. The molecule has 0 radical (unpaired) electrons. The van der Waals surface area contributed by atoms with Crippen molar-refractivity contribution in [2.75, 3.05) is 13.1 Å². The molecule has 1 aromatic rings. The molecule has 0 aromatic heterocycles. The van der Waals surface area contributed by atoms with Crippen LogP contribution in [-0.2, 0) is 0 Å². The summed E-state index contributed by atoms with van der Waals surface area (Å²) >= 11 is 0. The van der Waals surface area contributed by atoms with Gasteiger partial charge in [-0.15, -0.1) is 0 Å². The van der Waals surface area contributed by atoms with Crippen LogP contribution in [0.15, 0.2) is 18.2 Å². The van der Waals surface area contributed by atoms with Crippen LogP contribution in [0.25, 0.3) is 0 Å². The number of phenolic OH excluding ortho intramolecular Hbond substituents is 1. The highest BCUT2D eigenvalue weighted by Crippen LogP contribution is 2.21. The third-order valence-electron chi connectivity index (χ3n) is 3.62. The predicted octanol–water partition coefficient (Wildman–Crippen LogP) is 4.24. The van der Waals surface area contributed by atoms with Gasteiger partial charge in [0.25, 0.3) is 5.91 Å². The van der Waals surface area contributed by atoms with Crippen LogP contribution in [0.1, 0.15) is 56.5 Å². The van der Waals surface area contributed by atoms with Crippen molar-refractivity contribution < 1.29 is 9.90 Å². The van der Waals surface area contributed by atoms with Crippen molar-refractivity contribution in [3.63, 3.8) is 0 Å². The average molecular weight is 291 g/mol. The minimum absolute atomic E-state index is 0.0579. The molecule has 0 fully saturated rings. The van der Waals surface area contributed by atoms with E-state index in [-0.39, 0.29) is 11.7 Å². The van der Waals surface area contributed by atoms with Crippen molar-refractivity contribution in [2.45, 2.75) is 47.5 Å². The highest BCUT2D eigenvalue weighted by atomic mass is 16.3. The van der Waals surface area contributed by atoms with Crippen molar-refractivity contribution in [1.82, 2.24) is 4.90 Å². The fraction of sp³-hybridized carbons (Fsp3) is 0.611. The fourth-order valence-corrected chi connectivity index (χ4v) is 2.13. The Morgan fingerprint density at radius 1 is 1.10 bits per heavy atom. The predicted molar refractivity (Wildman–Crippen MR) is 87.7 cm³/mol. The quantitative estimate of drug-likeness (QED) is 0.816. The van der Waals surface area contributed by atoms with Gasteiger partial charge in [0.05, 0.1) is 5.56 Å². The summed E-state index contributed by atoms with van der Waals surface area (Å²) in [6.07, 6.45) is 1.97. The molecular weight excluding hydrogens is 262 g/mol. The number of amides is 1. The van der Waals surface area contributed by atoms with E-state index in [1.54, 1.807) is 12.1 Å². The Balaban J connectivity index is 2.89. The zero-order valence-electron chi connectivity index (χ0n) is 14.0. The van der Waals surface area contributed by atoms with E-state index in [2.05, 4.69) is 27.7 Å². The smallest absolute Gasteiger partial charge is 0.257 e. The van der Waals surface area contributed by atoms with Crippen LogP contribution in [-0.4, -0.2) is 29.0 Å². The van der Waals surface area contributed by atoms with E-state index in [1.165, 1.54) is 0 Å². The zero-order valence-corrected chi connectivity index (χ0v) is 14.0. The molecule has 0 aliphatic rings. The van der Waals surface area contributed by atoms with Gasteiger partial charge in [-0.2, -0.15) is 0 Å². The van der Waals surface area contributed by atoms with Gasteiger partial charge in [-0.1, -0.05) is 39.3 Å². The van der Waals surface area contributed by atoms with Crippen molar-refractivity contribution >= 4 is 5.91 Å². The largest absolute Gasteiger partial charge is 0.507 e.